The van der Waals surface area contributed by atoms with Gasteiger partial charge in [-0.15, -0.1) is 0 Å². The molecule has 1 unspecified atom stereocenters. The predicted octanol–water partition coefficient (Wildman–Crippen LogP) is 4.78. The summed E-state index contributed by atoms with van der Waals surface area (Å²) >= 11 is 6.18. The van der Waals surface area contributed by atoms with Gasteiger partial charge in [0.05, 0.1) is 6.61 Å². The molecule has 0 aliphatic rings. The Morgan fingerprint density at radius 3 is 2.27 bits per heavy atom. The maximum atomic E-state index is 6.18. The first-order valence-electron chi connectivity index (χ1n) is 7.68. The molecule has 0 amide bonds. The van der Waals surface area contributed by atoms with Gasteiger partial charge in [-0.2, -0.15) is 0 Å². The third kappa shape index (κ3) is 4.02. The van der Waals surface area contributed by atoms with Crippen molar-refractivity contribution in [2.75, 3.05) is 13.2 Å². The van der Waals surface area contributed by atoms with Crippen LogP contribution in [0.2, 0.25) is 5.02 Å². The van der Waals surface area contributed by atoms with Gasteiger partial charge in [0.25, 0.3) is 0 Å². The lowest BCUT2D eigenvalue weighted by Gasteiger charge is -2.18. The molecule has 0 bridgehead atoms. The molecular formula is C19H24ClNO. The van der Waals surface area contributed by atoms with E-state index in [1.165, 1.54) is 11.1 Å². The quantitative estimate of drug-likeness (QED) is 0.832. The molecule has 2 N–H and O–H groups in total. The molecule has 0 heterocycles. The molecule has 0 saturated heterocycles. The summed E-state index contributed by atoms with van der Waals surface area (Å²) in [5.41, 5.74) is 10.6. The Labute approximate surface area is 138 Å². The van der Waals surface area contributed by atoms with Crippen LogP contribution in [0, 0.1) is 20.8 Å². The van der Waals surface area contributed by atoms with E-state index in [0.29, 0.717) is 19.1 Å². The van der Waals surface area contributed by atoms with Crippen LogP contribution in [0.4, 0.5) is 0 Å². The lowest BCUT2D eigenvalue weighted by atomic mass is 9.92. The first-order chi connectivity index (χ1) is 10.5. The maximum absolute atomic E-state index is 6.18. The van der Waals surface area contributed by atoms with Gasteiger partial charge in [0.2, 0.25) is 0 Å². The standard InChI is InChI=1S/C19H24ClNO/c1-13-6-4-5-7-18(13)16(12-21)8-9-22-17-10-14(2)19(20)15(3)11-17/h4-7,10-11,16H,8-9,12,21H2,1-3H3. The topological polar surface area (TPSA) is 35.2 Å². The molecule has 3 heteroatoms. The molecule has 2 aromatic rings. The highest BCUT2D eigenvalue weighted by atomic mass is 35.5. The highest BCUT2D eigenvalue weighted by molar-refractivity contribution is 6.32. The highest BCUT2D eigenvalue weighted by Gasteiger charge is 2.12. The Balaban J connectivity index is 1.99. The second-order valence-electron chi connectivity index (χ2n) is 5.80. The average molecular weight is 318 g/mol. The molecule has 0 aliphatic carbocycles. The van der Waals surface area contributed by atoms with Gasteiger partial charge >= 0.3 is 0 Å². The summed E-state index contributed by atoms with van der Waals surface area (Å²) in [5, 5.41) is 0.812. The summed E-state index contributed by atoms with van der Waals surface area (Å²) < 4.78 is 5.90. The van der Waals surface area contributed by atoms with Crippen LogP contribution in [0.5, 0.6) is 5.75 Å². The van der Waals surface area contributed by atoms with Crippen LogP contribution in [0.1, 0.15) is 34.6 Å². The van der Waals surface area contributed by atoms with Gasteiger partial charge in [-0.3, -0.25) is 0 Å². The number of benzene rings is 2. The number of halogens is 1. The van der Waals surface area contributed by atoms with Crippen molar-refractivity contribution in [1.82, 2.24) is 0 Å². The maximum Gasteiger partial charge on any atom is 0.119 e. The van der Waals surface area contributed by atoms with Crippen molar-refractivity contribution < 1.29 is 4.74 Å². The number of aryl methyl sites for hydroxylation is 3. The Kier molecular flexibility index (Phi) is 5.87. The summed E-state index contributed by atoms with van der Waals surface area (Å²) in [6, 6.07) is 12.4. The van der Waals surface area contributed by atoms with Crippen molar-refractivity contribution in [2.24, 2.45) is 5.73 Å². The Bertz CT molecular complexity index is 616. The largest absolute Gasteiger partial charge is 0.494 e. The van der Waals surface area contributed by atoms with Crippen molar-refractivity contribution in [3.8, 4) is 5.75 Å². The number of hydrogen-bond donors (Lipinski definition) is 1. The van der Waals surface area contributed by atoms with Crippen LogP contribution in [0.15, 0.2) is 36.4 Å². The van der Waals surface area contributed by atoms with E-state index in [1.54, 1.807) is 0 Å². The Hall–Kier alpha value is -1.51. The third-order valence-electron chi connectivity index (χ3n) is 4.06. The Morgan fingerprint density at radius 2 is 1.68 bits per heavy atom. The van der Waals surface area contributed by atoms with Crippen LogP contribution >= 0.6 is 11.6 Å². The summed E-state index contributed by atoms with van der Waals surface area (Å²) in [6.07, 6.45) is 0.905. The fourth-order valence-corrected chi connectivity index (χ4v) is 2.86. The lowest BCUT2D eigenvalue weighted by Crippen LogP contribution is -2.16. The molecule has 1 atom stereocenters. The molecular weight excluding hydrogens is 294 g/mol. The lowest BCUT2D eigenvalue weighted by molar-refractivity contribution is 0.298. The zero-order valence-corrected chi connectivity index (χ0v) is 14.3. The van der Waals surface area contributed by atoms with E-state index in [4.69, 9.17) is 22.1 Å². The second kappa shape index (κ2) is 7.66. The van der Waals surface area contributed by atoms with Gasteiger partial charge in [-0.25, -0.2) is 0 Å². The molecule has 2 rings (SSSR count). The third-order valence-corrected chi connectivity index (χ3v) is 4.65. The summed E-state index contributed by atoms with van der Waals surface area (Å²) in [6.45, 7) is 7.41. The van der Waals surface area contributed by atoms with E-state index < -0.39 is 0 Å². The fraction of sp³-hybridized carbons (Fsp3) is 0.368. The van der Waals surface area contributed by atoms with Crippen molar-refractivity contribution in [2.45, 2.75) is 33.1 Å². The minimum Gasteiger partial charge on any atom is -0.494 e. The molecule has 0 aromatic heterocycles. The zero-order chi connectivity index (χ0) is 16.1. The van der Waals surface area contributed by atoms with Crippen LogP contribution in [-0.4, -0.2) is 13.2 Å². The van der Waals surface area contributed by atoms with Crippen molar-refractivity contribution >= 4 is 11.6 Å². The molecule has 22 heavy (non-hydrogen) atoms. The first-order valence-corrected chi connectivity index (χ1v) is 8.06. The monoisotopic (exact) mass is 317 g/mol. The van der Waals surface area contributed by atoms with Gasteiger partial charge < -0.3 is 10.5 Å². The molecule has 0 radical (unpaired) electrons. The average Bonchev–Trinajstić information content (AvgIpc) is 2.50. The Morgan fingerprint density at radius 1 is 1.05 bits per heavy atom. The zero-order valence-electron chi connectivity index (χ0n) is 13.5. The van der Waals surface area contributed by atoms with E-state index in [9.17, 15) is 0 Å². The number of nitrogens with two attached hydrogens (primary N) is 1. The van der Waals surface area contributed by atoms with Gasteiger partial charge in [-0.1, -0.05) is 35.9 Å². The fourth-order valence-electron chi connectivity index (χ4n) is 2.75. The number of ether oxygens (including phenoxy) is 1. The number of rotatable bonds is 6. The first kappa shape index (κ1) is 16.9. The smallest absolute Gasteiger partial charge is 0.119 e. The predicted molar refractivity (Wildman–Crippen MR) is 94.0 cm³/mol. The molecule has 0 aliphatic heterocycles. The van der Waals surface area contributed by atoms with Crippen molar-refractivity contribution in [1.29, 1.82) is 0 Å². The second-order valence-corrected chi connectivity index (χ2v) is 6.18. The summed E-state index contributed by atoms with van der Waals surface area (Å²) in [4.78, 5) is 0. The van der Waals surface area contributed by atoms with Gasteiger partial charge in [0, 0.05) is 5.02 Å². The number of hydrogen-bond acceptors (Lipinski definition) is 2. The molecule has 2 aromatic carbocycles. The molecule has 0 fully saturated rings. The van der Waals surface area contributed by atoms with Crippen molar-refractivity contribution in [3.63, 3.8) is 0 Å². The molecule has 0 saturated carbocycles. The van der Waals surface area contributed by atoms with E-state index in [-0.39, 0.29) is 0 Å². The highest BCUT2D eigenvalue weighted by Crippen LogP contribution is 2.27. The minimum atomic E-state index is 0.329. The van der Waals surface area contributed by atoms with Gasteiger partial charge in [0.15, 0.2) is 0 Å². The van der Waals surface area contributed by atoms with Crippen LogP contribution in [-0.2, 0) is 0 Å². The molecule has 0 spiro atoms. The van der Waals surface area contributed by atoms with Crippen LogP contribution in [0.3, 0.4) is 0 Å². The minimum absolute atomic E-state index is 0.329. The SMILES string of the molecule is Cc1ccccc1C(CN)CCOc1cc(C)c(Cl)c(C)c1. The summed E-state index contributed by atoms with van der Waals surface area (Å²) in [7, 11) is 0. The van der Waals surface area contributed by atoms with Gasteiger partial charge in [0.1, 0.15) is 5.75 Å². The molecule has 118 valence electrons. The van der Waals surface area contributed by atoms with Crippen LogP contribution < -0.4 is 10.5 Å². The normalized spacial score (nSPS) is 12.2. The van der Waals surface area contributed by atoms with Gasteiger partial charge in [-0.05, 0) is 74.0 Å². The van der Waals surface area contributed by atoms with Crippen molar-refractivity contribution in [3.05, 3.63) is 63.7 Å². The van der Waals surface area contributed by atoms with Crippen LogP contribution in [0.25, 0.3) is 0 Å². The summed E-state index contributed by atoms with van der Waals surface area (Å²) in [5.74, 6) is 1.20. The van der Waals surface area contributed by atoms with E-state index in [2.05, 4.69) is 31.2 Å². The van der Waals surface area contributed by atoms with E-state index in [1.807, 2.05) is 26.0 Å². The van der Waals surface area contributed by atoms with E-state index >= 15 is 0 Å². The van der Waals surface area contributed by atoms with E-state index in [0.717, 1.165) is 28.3 Å². The molecule has 2 nitrogen and oxygen atoms in total.